The minimum atomic E-state index is -0.0827. The Morgan fingerprint density at radius 1 is 1.33 bits per heavy atom. The van der Waals surface area contributed by atoms with Crippen molar-refractivity contribution in [1.29, 1.82) is 0 Å². The largest absolute Gasteiger partial charge is 0.355 e. The Morgan fingerprint density at radius 2 is 1.92 bits per heavy atom. The van der Waals surface area contributed by atoms with Crippen molar-refractivity contribution in [3.8, 4) is 0 Å². The standard InChI is InChI=1S/C8H10N2OS/c1-9-8(11)6-2-4-7(10-12)5-3-6/h2-5,10,12H,1H3,(H,9,11). The summed E-state index contributed by atoms with van der Waals surface area (Å²) in [7, 11) is 1.60. The molecule has 0 aliphatic rings. The maximum atomic E-state index is 11.1. The second-order valence-electron chi connectivity index (χ2n) is 2.27. The quantitative estimate of drug-likeness (QED) is 0.603. The highest BCUT2D eigenvalue weighted by Crippen LogP contribution is 2.09. The van der Waals surface area contributed by atoms with Gasteiger partial charge in [0.15, 0.2) is 0 Å². The van der Waals surface area contributed by atoms with Crippen molar-refractivity contribution in [3.63, 3.8) is 0 Å². The second kappa shape index (κ2) is 4.01. The lowest BCUT2D eigenvalue weighted by atomic mass is 10.2. The molecule has 3 nitrogen and oxygen atoms in total. The van der Waals surface area contributed by atoms with Gasteiger partial charge in [-0.05, 0) is 24.3 Å². The van der Waals surface area contributed by atoms with Gasteiger partial charge >= 0.3 is 0 Å². The molecule has 0 spiro atoms. The third-order valence-electron chi connectivity index (χ3n) is 1.50. The van der Waals surface area contributed by atoms with Crippen molar-refractivity contribution in [2.75, 3.05) is 11.8 Å². The Bertz CT molecular complexity index is 271. The van der Waals surface area contributed by atoms with Crippen LogP contribution >= 0.6 is 12.8 Å². The van der Waals surface area contributed by atoms with Crippen LogP contribution in [0.15, 0.2) is 24.3 Å². The summed E-state index contributed by atoms with van der Waals surface area (Å²) in [6.45, 7) is 0. The molecular formula is C8H10N2OS. The molecule has 1 amide bonds. The van der Waals surface area contributed by atoms with Crippen LogP contribution in [0.3, 0.4) is 0 Å². The van der Waals surface area contributed by atoms with E-state index >= 15 is 0 Å². The van der Waals surface area contributed by atoms with E-state index in [2.05, 4.69) is 22.9 Å². The van der Waals surface area contributed by atoms with Gasteiger partial charge in [0.1, 0.15) is 0 Å². The summed E-state index contributed by atoms with van der Waals surface area (Å²) in [5.41, 5.74) is 1.51. The van der Waals surface area contributed by atoms with E-state index in [0.29, 0.717) is 5.56 Å². The molecule has 0 fully saturated rings. The van der Waals surface area contributed by atoms with Crippen molar-refractivity contribution >= 4 is 24.4 Å². The normalized spacial score (nSPS) is 9.17. The summed E-state index contributed by atoms with van der Waals surface area (Å²) in [6.07, 6.45) is 0. The molecule has 12 heavy (non-hydrogen) atoms. The Labute approximate surface area is 76.7 Å². The minimum absolute atomic E-state index is 0.0827. The number of benzene rings is 1. The third-order valence-corrected chi connectivity index (χ3v) is 1.76. The number of nitrogens with one attached hydrogen (secondary N) is 2. The van der Waals surface area contributed by atoms with Crippen LogP contribution in [0.25, 0.3) is 0 Å². The Balaban J connectivity index is 2.84. The fraction of sp³-hybridized carbons (Fsp3) is 0.125. The molecule has 0 heterocycles. The van der Waals surface area contributed by atoms with Gasteiger partial charge in [-0.3, -0.25) is 4.79 Å². The van der Waals surface area contributed by atoms with Gasteiger partial charge in [0.05, 0.1) is 0 Å². The molecule has 0 aromatic heterocycles. The van der Waals surface area contributed by atoms with Gasteiger partial charge in [-0.15, -0.1) is 0 Å². The molecule has 0 saturated heterocycles. The average molecular weight is 182 g/mol. The number of hydrogen-bond acceptors (Lipinski definition) is 3. The Morgan fingerprint density at radius 3 is 2.33 bits per heavy atom. The first-order valence-electron chi connectivity index (χ1n) is 3.50. The second-order valence-corrected chi connectivity index (χ2v) is 2.49. The summed E-state index contributed by atoms with van der Waals surface area (Å²) in [6, 6.07) is 7.05. The van der Waals surface area contributed by atoms with Crippen LogP contribution in [0, 0.1) is 0 Å². The highest BCUT2D eigenvalue weighted by molar-refractivity contribution is 7.81. The SMILES string of the molecule is CNC(=O)c1ccc(NS)cc1. The first kappa shape index (κ1) is 8.93. The molecule has 2 N–H and O–H groups in total. The van der Waals surface area contributed by atoms with E-state index in [9.17, 15) is 4.79 Å². The molecule has 1 aromatic carbocycles. The first-order chi connectivity index (χ1) is 5.77. The smallest absolute Gasteiger partial charge is 0.251 e. The van der Waals surface area contributed by atoms with Gasteiger partial charge in [-0.1, -0.05) is 12.8 Å². The van der Waals surface area contributed by atoms with Crippen LogP contribution in [0.1, 0.15) is 10.4 Å². The molecule has 1 aromatic rings. The number of thiol groups is 1. The molecule has 4 heteroatoms. The van der Waals surface area contributed by atoms with Gasteiger partial charge in [0.2, 0.25) is 0 Å². The summed E-state index contributed by atoms with van der Waals surface area (Å²) in [5.74, 6) is -0.0827. The molecule has 0 bridgehead atoms. The number of amides is 1. The van der Waals surface area contributed by atoms with E-state index in [4.69, 9.17) is 0 Å². The van der Waals surface area contributed by atoms with E-state index in [0.717, 1.165) is 5.69 Å². The van der Waals surface area contributed by atoms with Crippen LogP contribution in [0.4, 0.5) is 5.69 Å². The topological polar surface area (TPSA) is 41.1 Å². The van der Waals surface area contributed by atoms with Gasteiger partial charge in [-0.25, -0.2) is 0 Å². The van der Waals surface area contributed by atoms with Crippen LogP contribution in [-0.4, -0.2) is 13.0 Å². The lowest BCUT2D eigenvalue weighted by Gasteiger charge is -2.01. The maximum absolute atomic E-state index is 11.1. The number of carbonyl (C=O) groups excluding carboxylic acids is 1. The van der Waals surface area contributed by atoms with Gasteiger partial charge in [0, 0.05) is 18.3 Å². The average Bonchev–Trinajstić information content (AvgIpc) is 2.17. The van der Waals surface area contributed by atoms with Crippen LogP contribution in [-0.2, 0) is 0 Å². The molecule has 0 unspecified atom stereocenters. The highest BCUT2D eigenvalue weighted by atomic mass is 32.1. The van der Waals surface area contributed by atoms with Gasteiger partial charge in [0.25, 0.3) is 5.91 Å². The first-order valence-corrected chi connectivity index (χ1v) is 3.95. The number of anilines is 1. The van der Waals surface area contributed by atoms with Crippen molar-refractivity contribution in [3.05, 3.63) is 29.8 Å². The molecule has 0 atom stereocenters. The minimum Gasteiger partial charge on any atom is -0.355 e. The Kier molecular flexibility index (Phi) is 2.99. The van der Waals surface area contributed by atoms with Crippen LogP contribution in [0.5, 0.6) is 0 Å². The number of carbonyl (C=O) groups is 1. The lowest BCUT2D eigenvalue weighted by molar-refractivity contribution is 0.0963. The van der Waals surface area contributed by atoms with Crippen molar-refractivity contribution < 1.29 is 4.79 Å². The fourth-order valence-electron chi connectivity index (χ4n) is 0.840. The zero-order valence-corrected chi connectivity index (χ0v) is 7.56. The Hall–Kier alpha value is -1.16. The molecule has 0 aliphatic heterocycles. The van der Waals surface area contributed by atoms with Crippen molar-refractivity contribution in [1.82, 2.24) is 5.32 Å². The monoisotopic (exact) mass is 182 g/mol. The van der Waals surface area contributed by atoms with Crippen LogP contribution < -0.4 is 10.0 Å². The molecule has 64 valence electrons. The molecule has 1 rings (SSSR count). The predicted molar refractivity (Wildman–Crippen MR) is 52.4 cm³/mol. The fourth-order valence-corrected chi connectivity index (χ4v) is 0.990. The maximum Gasteiger partial charge on any atom is 0.251 e. The van der Waals surface area contributed by atoms with E-state index < -0.39 is 0 Å². The number of hydrogen-bond donors (Lipinski definition) is 3. The van der Waals surface area contributed by atoms with Crippen molar-refractivity contribution in [2.45, 2.75) is 0 Å². The van der Waals surface area contributed by atoms with Gasteiger partial charge in [-0.2, -0.15) is 0 Å². The van der Waals surface area contributed by atoms with Gasteiger partial charge < -0.3 is 10.0 Å². The van der Waals surface area contributed by atoms with Crippen LogP contribution in [0.2, 0.25) is 0 Å². The van der Waals surface area contributed by atoms with E-state index in [1.807, 2.05) is 0 Å². The molecule has 0 aliphatic carbocycles. The molecule has 0 radical (unpaired) electrons. The highest BCUT2D eigenvalue weighted by Gasteiger charge is 2.00. The van der Waals surface area contributed by atoms with Crippen molar-refractivity contribution in [2.24, 2.45) is 0 Å². The van der Waals surface area contributed by atoms with E-state index in [-0.39, 0.29) is 5.91 Å². The number of rotatable bonds is 2. The van der Waals surface area contributed by atoms with E-state index in [1.165, 1.54) is 0 Å². The summed E-state index contributed by atoms with van der Waals surface area (Å²) in [5, 5.41) is 2.54. The summed E-state index contributed by atoms with van der Waals surface area (Å²) in [4.78, 5) is 11.1. The predicted octanol–water partition coefficient (Wildman–Crippen LogP) is 1.30. The lowest BCUT2D eigenvalue weighted by Crippen LogP contribution is -2.17. The summed E-state index contributed by atoms with van der Waals surface area (Å²) < 4.78 is 2.67. The van der Waals surface area contributed by atoms with E-state index in [1.54, 1.807) is 31.3 Å². The third kappa shape index (κ3) is 1.92. The zero-order valence-electron chi connectivity index (χ0n) is 6.66. The summed E-state index contributed by atoms with van der Waals surface area (Å²) >= 11 is 3.87. The molecular weight excluding hydrogens is 172 g/mol. The zero-order chi connectivity index (χ0) is 8.97. The molecule has 0 saturated carbocycles.